The Bertz CT molecular complexity index is 1120. The van der Waals surface area contributed by atoms with Crippen LogP contribution in [-0.4, -0.2) is 49.6 Å². The molecule has 4 rings (SSSR count). The first-order valence-electron chi connectivity index (χ1n) is 11.7. The van der Waals surface area contributed by atoms with Gasteiger partial charge in [-0.15, -0.1) is 0 Å². The van der Waals surface area contributed by atoms with Gasteiger partial charge < -0.3 is 9.64 Å². The third-order valence-corrected chi connectivity index (χ3v) is 8.63. The van der Waals surface area contributed by atoms with Crippen LogP contribution in [0.3, 0.4) is 0 Å². The van der Waals surface area contributed by atoms with E-state index in [1.165, 1.54) is 22.9 Å². The van der Waals surface area contributed by atoms with E-state index in [1.807, 2.05) is 37.3 Å². The highest BCUT2D eigenvalue weighted by atomic mass is 32.2. The van der Waals surface area contributed by atoms with Gasteiger partial charge in [-0.1, -0.05) is 49.4 Å². The van der Waals surface area contributed by atoms with Crippen molar-refractivity contribution in [1.29, 1.82) is 0 Å². The molecule has 1 spiro atoms. The zero-order valence-electron chi connectivity index (χ0n) is 20.0. The van der Waals surface area contributed by atoms with Gasteiger partial charge in [0.15, 0.2) is 0 Å². The second-order valence-electron chi connectivity index (χ2n) is 9.56. The van der Waals surface area contributed by atoms with Crippen LogP contribution in [0, 0.1) is 13.8 Å². The quantitative estimate of drug-likeness (QED) is 0.650. The highest BCUT2D eigenvalue weighted by Gasteiger charge is 2.48. The molecule has 1 saturated heterocycles. The lowest BCUT2D eigenvalue weighted by molar-refractivity contribution is 0.0685. The van der Waals surface area contributed by atoms with Crippen molar-refractivity contribution in [3.8, 4) is 0 Å². The van der Waals surface area contributed by atoms with Crippen LogP contribution >= 0.6 is 0 Å². The Morgan fingerprint density at radius 2 is 1.73 bits per heavy atom. The molecule has 6 nitrogen and oxygen atoms in total. The largest absolute Gasteiger partial charge is 0.445 e. The first-order chi connectivity index (χ1) is 15.6. The van der Waals surface area contributed by atoms with Crippen molar-refractivity contribution in [2.24, 2.45) is 0 Å². The summed E-state index contributed by atoms with van der Waals surface area (Å²) in [5.74, 6) is 0. The minimum atomic E-state index is -3.37. The number of piperidine rings is 1. The molecule has 2 aromatic rings. The predicted octanol–water partition coefficient (Wildman–Crippen LogP) is 4.70. The molecule has 0 aromatic heterocycles. The maximum absolute atomic E-state index is 12.8. The van der Waals surface area contributed by atoms with E-state index in [2.05, 4.69) is 26.0 Å². The SMILES string of the molecule is CCC1c2cc(C)c(C)cc2C2(CCN(C(=O)OCc3ccccc3)CC2)CN1S(C)(=O)=O. The third-order valence-electron chi connectivity index (χ3n) is 7.40. The number of hydrogen-bond acceptors (Lipinski definition) is 4. The Hall–Kier alpha value is -2.38. The number of sulfonamides is 1. The van der Waals surface area contributed by atoms with Gasteiger partial charge in [0.1, 0.15) is 6.61 Å². The molecule has 0 aliphatic carbocycles. The second kappa shape index (κ2) is 9.11. The molecule has 0 N–H and O–H groups in total. The molecule has 0 saturated carbocycles. The highest BCUT2D eigenvalue weighted by Crippen LogP contribution is 2.48. The maximum atomic E-state index is 12.8. The molecule has 2 aromatic carbocycles. The number of rotatable bonds is 4. The summed E-state index contributed by atoms with van der Waals surface area (Å²) in [6.07, 6.45) is 3.16. The van der Waals surface area contributed by atoms with Crippen LogP contribution in [0.5, 0.6) is 0 Å². The Labute approximate surface area is 197 Å². The number of aryl methyl sites for hydroxylation is 2. The number of amides is 1. The second-order valence-corrected chi connectivity index (χ2v) is 11.5. The van der Waals surface area contributed by atoms with Crippen molar-refractivity contribution in [3.63, 3.8) is 0 Å². The summed E-state index contributed by atoms with van der Waals surface area (Å²) >= 11 is 0. The highest BCUT2D eigenvalue weighted by molar-refractivity contribution is 7.88. The van der Waals surface area contributed by atoms with E-state index in [4.69, 9.17) is 4.74 Å². The first-order valence-corrected chi connectivity index (χ1v) is 13.5. The van der Waals surface area contributed by atoms with Crippen molar-refractivity contribution >= 4 is 16.1 Å². The number of carbonyl (C=O) groups is 1. The minimum Gasteiger partial charge on any atom is -0.445 e. The maximum Gasteiger partial charge on any atom is 0.410 e. The molecule has 7 heteroatoms. The minimum absolute atomic E-state index is 0.145. The number of hydrogen-bond donors (Lipinski definition) is 0. The zero-order valence-corrected chi connectivity index (χ0v) is 20.8. The van der Waals surface area contributed by atoms with Gasteiger partial charge in [-0.25, -0.2) is 13.2 Å². The van der Waals surface area contributed by atoms with E-state index in [9.17, 15) is 13.2 Å². The lowest BCUT2D eigenvalue weighted by atomic mass is 9.67. The summed E-state index contributed by atoms with van der Waals surface area (Å²) in [6.45, 7) is 8.06. The van der Waals surface area contributed by atoms with Crippen LogP contribution in [0.2, 0.25) is 0 Å². The Morgan fingerprint density at radius 1 is 1.09 bits per heavy atom. The molecule has 0 bridgehead atoms. The molecule has 33 heavy (non-hydrogen) atoms. The average Bonchev–Trinajstić information content (AvgIpc) is 2.79. The van der Waals surface area contributed by atoms with Crippen LogP contribution in [0.25, 0.3) is 0 Å². The summed E-state index contributed by atoms with van der Waals surface area (Å²) in [6, 6.07) is 14.0. The molecule has 2 heterocycles. The normalized spacial score (nSPS) is 20.5. The van der Waals surface area contributed by atoms with Gasteiger partial charge in [0.05, 0.1) is 6.26 Å². The summed E-state index contributed by atoms with van der Waals surface area (Å²) in [5, 5.41) is 0. The summed E-state index contributed by atoms with van der Waals surface area (Å²) in [4.78, 5) is 14.5. The molecule has 2 aliphatic heterocycles. The smallest absolute Gasteiger partial charge is 0.410 e. The standard InChI is InChI=1S/C26H34N2O4S/c1-5-24-22-15-19(2)20(3)16-23(22)26(18-28(24)33(4,30)31)11-13-27(14-12-26)25(29)32-17-21-9-7-6-8-10-21/h6-10,15-16,24H,5,11-14,17-18H2,1-4H3. The van der Waals surface area contributed by atoms with E-state index in [0.717, 1.165) is 17.5 Å². The van der Waals surface area contributed by atoms with Gasteiger partial charge in [0, 0.05) is 31.1 Å². The number of nitrogens with zero attached hydrogens (tertiary/aromatic N) is 2. The molecule has 178 valence electrons. The number of carbonyl (C=O) groups excluding carboxylic acids is 1. The topological polar surface area (TPSA) is 66.9 Å². The summed E-state index contributed by atoms with van der Waals surface area (Å²) in [7, 11) is -3.37. The number of likely N-dealkylation sites (tertiary alicyclic amines) is 1. The monoisotopic (exact) mass is 470 g/mol. The van der Waals surface area contributed by atoms with Crippen molar-refractivity contribution in [2.45, 2.75) is 58.1 Å². The molecule has 1 fully saturated rings. The van der Waals surface area contributed by atoms with E-state index >= 15 is 0 Å². The summed E-state index contributed by atoms with van der Waals surface area (Å²) < 4.78 is 32.8. The van der Waals surface area contributed by atoms with Gasteiger partial charge in [0.25, 0.3) is 0 Å². The molecule has 1 unspecified atom stereocenters. The van der Waals surface area contributed by atoms with E-state index in [1.54, 1.807) is 9.21 Å². The van der Waals surface area contributed by atoms with Gasteiger partial charge in [-0.05, 0) is 60.9 Å². The zero-order chi connectivity index (χ0) is 23.8. The molecule has 1 atom stereocenters. The van der Waals surface area contributed by atoms with Crippen LogP contribution < -0.4 is 0 Å². The lowest BCUT2D eigenvalue weighted by Gasteiger charge is -2.50. The molecule has 0 radical (unpaired) electrons. The van der Waals surface area contributed by atoms with Gasteiger partial charge in [-0.2, -0.15) is 4.31 Å². The van der Waals surface area contributed by atoms with Crippen LogP contribution in [0.1, 0.15) is 60.0 Å². The van der Waals surface area contributed by atoms with E-state index in [-0.39, 0.29) is 24.2 Å². The van der Waals surface area contributed by atoms with Gasteiger partial charge >= 0.3 is 6.09 Å². The first kappa shape index (κ1) is 23.8. The Balaban J connectivity index is 1.58. The number of fused-ring (bicyclic) bond motifs is 2. The number of ether oxygens (including phenoxy) is 1. The number of benzene rings is 2. The molecular formula is C26H34N2O4S. The third kappa shape index (κ3) is 4.66. The Kier molecular flexibility index (Phi) is 6.56. The molecule has 1 amide bonds. The van der Waals surface area contributed by atoms with E-state index < -0.39 is 10.0 Å². The van der Waals surface area contributed by atoms with Crippen molar-refractivity contribution in [2.75, 3.05) is 25.9 Å². The average molecular weight is 471 g/mol. The van der Waals surface area contributed by atoms with Crippen LogP contribution in [-0.2, 0) is 26.8 Å². The van der Waals surface area contributed by atoms with Crippen LogP contribution in [0.4, 0.5) is 4.79 Å². The van der Waals surface area contributed by atoms with Crippen molar-refractivity contribution in [1.82, 2.24) is 9.21 Å². The summed E-state index contributed by atoms with van der Waals surface area (Å²) in [5.41, 5.74) is 5.45. The fraction of sp³-hybridized carbons (Fsp3) is 0.500. The van der Waals surface area contributed by atoms with Crippen LogP contribution in [0.15, 0.2) is 42.5 Å². The Morgan fingerprint density at radius 3 is 2.33 bits per heavy atom. The lowest BCUT2D eigenvalue weighted by Crippen LogP contribution is -2.55. The predicted molar refractivity (Wildman–Crippen MR) is 130 cm³/mol. The van der Waals surface area contributed by atoms with Gasteiger partial charge in [0.2, 0.25) is 10.0 Å². The molecular weight excluding hydrogens is 436 g/mol. The van der Waals surface area contributed by atoms with Crippen molar-refractivity contribution in [3.05, 3.63) is 70.3 Å². The van der Waals surface area contributed by atoms with Gasteiger partial charge in [-0.3, -0.25) is 0 Å². The van der Waals surface area contributed by atoms with E-state index in [0.29, 0.717) is 32.5 Å². The fourth-order valence-electron chi connectivity index (χ4n) is 5.35. The van der Waals surface area contributed by atoms with Crippen molar-refractivity contribution < 1.29 is 17.9 Å². The fourth-order valence-corrected chi connectivity index (χ4v) is 6.56. The molecule has 2 aliphatic rings.